The van der Waals surface area contributed by atoms with Gasteiger partial charge in [0.1, 0.15) is 0 Å². The average Bonchev–Trinajstić information content (AvgIpc) is 3.69. The molecule has 44 heavy (non-hydrogen) atoms. The summed E-state index contributed by atoms with van der Waals surface area (Å²) in [6.45, 7) is 3.17. The molecule has 2 aromatic carbocycles. The van der Waals surface area contributed by atoms with Crippen molar-refractivity contribution < 1.29 is 37.0 Å². The SMILES string of the molecule is CC(C)(C)C[C@H](OC(N)=O)c1oc(-c2ccc(OC(F)F)c(OCC3CC3)c2)nc1C(=O)NCc1ccc2ccccc2n1. The molecular weight excluding hydrogens is 574 g/mol. The Kier molecular flexibility index (Phi) is 8.98. The smallest absolute Gasteiger partial charge is 0.405 e. The van der Waals surface area contributed by atoms with Gasteiger partial charge in [-0.1, -0.05) is 45.0 Å². The summed E-state index contributed by atoms with van der Waals surface area (Å²) in [7, 11) is 0. The summed E-state index contributed by atoms with van der Waals surface area (Å²) in [5, 5.41) is 3.78. The number of carbonyl (C=O) groups is 2. The highest BCUT2D eigenvalue weighted by molar-refractivity contribution is 5.94. The number of primary amides is 1. The number of rotatable bonds is 12. The van der Waals surface area contributed by atoms with Crippen molar-refractivity contribution in [2.75, 3.05) is 6.61 Å². The van der Waals surface area contributed by atoms with Gasteiger partial charge in [-0.2, -0.15) is 8.78 Å². The summed E-state index contributed by atoms with van der Waals surface area (Å²) in [6.07, 6.45) is 0.161. The number of aromatic nitrogens is 2. The van der Waals surface area contributed by atoms with Gasteiger partial charge in [-0.15, -0.1) is 0 Å². The van der Waals surface area contributed by atoms with Crippen LogP contribution in [0, 0.1) is 11.3 Å². The molecule has 1 atom stereocenters. The van der Waals surface area contributed by atoms with E-state index in [1.807, 2.05) is 57.2 Å². The molecule has 0 saturated heterocycles. The van der Waals surface area contributed by atoms with Crippen molar-refractivity contribution in [2.24, 2.45) is 17.1 Å². The van der Waals surface area contributed by atoms with Gasteiger partial charge in [0.05, 0.1) is 24.4 Å². The number of para-hydroxylation sites is 1. The number of nitrogens with zero attached hydrogens (tertiary/aromatic N) is 2. The summed E-state index contributed by atoms with van der Waals surface area (Å²) in [4.78, 5) is 34.5. The normalized spacial score (nSPS) is 14.0. The van der Waals surface area contributed by atoms with Gasteiger partial charge in [0.15, 0.2) is 29.1 Å². The van der Waals surface area contributed by atoms with Crippen LogP contribution in [0.5, 0.6) is 11.5 Å². The van der Waals surface area contributed by atoms with Crippen molar-refractivity contribution >= 4 is 22.9 Å². The van der Waals surface area contributed by atoms with E-state index < -0.39 is 24.7 Å². The number of oxazole rings is 1. The van der Waals surface area contributed by atoms with Crippen LogP contribution in [-0.4, -0.2) is 35.2 Å². The third kappa shape index (κ3) is 8.00. The van der Waals surface area contributed by atoms with Crippen LogP contribution >= 0.6 is 0 Å². The number of nitrogens with two attached hydrogens (primary N) is 1. The van der Waals surface area contributed by atoms with Crippen molar-refractivity contribution in [1.29, 1.82) is 0 Å². The first kappa shape index (κ1) is 30.7. The Labute approximate surface area is 252 Å². The second kappa shape index (κ2) is 12.9. The zero-order valence-corrected chi connectivity index (χ0v) is 24.6. The first-order chi connectivity index (χ1) is 20.9. The molecule has 1 aliphatic rings. The fourth-order valence-corrected chi connectivity index (χ4v) is 4.62. The molecule has 4 aromatic rings. The van der Waals surface area contributed by atoms with Gasteiger partial charge in [0, 0.05) is 10.9 Å². The van der Waals surface area contributed by atoms with Gasteiger partial charge >= 0.3 is 12.7 Å². The first-order valence-electron chi connectivity index (χ1n) is 14.3. The molecule has 0 aliphatic heterocycles. The molecule has 0 radical (unpaired) electrons. The second-order valence-corrected chi connectivity index (χ2v) is 11.9. The predicted molar refractivity (Wildman–Crippen MR) is 157 cm³/mol. The monoisotopic (exact) mass is 608 g/mol. The Morgan fingerprint density at radius 2 is 1.84 bits per heavy atom. The number of benzene rings is 2. The number of carbonyl (C=O) groups excluding carboxylic acids is 2. The van der Waals surface area contributed by atoms with Gasteiger partial charge in [-0.05, 0) is 60.9 Å². The molecule has 0 unspecified atom stereocenters. The highest BCUT2D eigenvalue weighted by atomic mass is 19.3. The minimum atomic E-state index is -3.05. The molecule has 5 rings (SSSR count). The van der Waals surface area contributed by atoms with Crippen LogP contribution in [0.2, 0.25) is 0 Å². The van der Waals surface area contributed by atoms with E-state index in [0.717, 1.165) is 23.7 Å². The lowest BCUT2D eigenvalue weighted by Gasteiger charge is -2.24. The number of ether oxygens (including phenoxy) is 3. The van der Waals surface area contributed by atoms with Gasteiger partial charge in [0.25, 0.3) is 5.91 Å². The van der Waals surface area contributed by atoms with E-state index >= 15 is 0 Å². The summed E-state index contributed by atoms with van der Waals surface area (Å²) < 4.78 is 48.1. The molecule has 0 spiro atoms. The predicted octanol–water partition coefficient (Wildman–Crippen LogP) is 6.78. The van der Waals surface area contributed by atoms with Gasteiger partial charge < -0.3 is 29.7 Å². The number of alkyl halides is 2. The lowest BCUT2D eigenvalue weighted by Crippen LogP contribution is -2.27. The number of pyridine rings is 1. The largest absolute Gasteiger partial charge is 0.489 e. The van der Waals surface area contributed by atoms with Crippen LogP contribution < -0.4 is 20.5 Å². The highest BCUT2D eigenvalue weighted by Gasteiger charge is 2.33. The van der Waals surface area contributed by atoms with Crippen LogP contribution in [0.25, 0.3) is 22.4 Å². The molecule has 1 fully saturated rings. The fraction of sp³-hybridized carbons (Fsp3) is 0.375. The molecule has 2 aromatic heterocycles. The maximum Gasteiger partial charge on any atom is 0.405 e. The topological polar surface area (TPSA) is 139 Å². The number of amides is 2. The maximum absolute atomic E-state index is 13.6. The minimum Gasteiger partial charge on any atom is -0.489 e. The Hall–Kier alpha value is -4.74. The number of hydrogen-bond acceptors (Lipinski definition) is 8. The van der Waals surface area contributed by atoms with Crippen LogP contribution in [0.4, 0.5) is 13.6 Å². The Morgan fingerprint density at radius 1 is 1.07 bits per heavy atom. The van der Waals surface area contributed by atoms with Crippen molar-refractivity contribution in [3.63, 3.8) is 0 Å². The fourth-order valence-electron chi connectivity index (χ4n) is 4.62. The zero-order valence-electron chi connectivity index (χ0n) is 24.6. The average molecular weight is 609 g/mol. The van der Waals surface area contributed by atoms with E-state index in [-0.39, 0.29) is 47.2 Å². The van der Waals surface area contributed by atoms with Crippen molar-refractivity contribution in [1.82, 2.24) is 15.3 Å². The third-order valence-corrected chi connectivity index (χ3v) is 6.88. The number of nitrogens with one attached hydrogen (secondary N) is 1. The molecule has 3 N–H and O–H groups in total. The molecule has 1 aliphatic carbocycles. The summed E-state index contributed by atoms with van der Waals surface area (Å²) in [5.41, 5.74) is 6.64. The maximum atomic E-state index is 13.6. The van der Waals surface area contributed by atoms with Gasteiger partial charge in [-0.3, -0.25) is 9.78 Å². The lowest BCUT2D eigenvalue weighted by atomic mass is 9.88. The van der Waals surface area contributed by atoms with E-state index in [2.05, 4.69) is 20.0 Å². The number of hydrogen-bond donors (Lipinski definition) is 2. The summed E-state index contributed by atoms with van der Waals surface area (Å²) in [6, 6.07) is 15.6. The van der Waals surface area contributed by atoms with Gasteiger partial charge in [0.2, 0.25) is 5.89 Å². The number of fused-ring (bicyclic) bond motifs is 1. The van der Waals surface area contributed by atoms with E-state index in [0.29, 0.717) is 23.8 Å². The molecule has 12 heteroatoms. The van der Waals surface area contributed by atoms with Gasteiger partial charge in [-0.25, -0.2) is 9.78 Å². The number of halogens is 2. The van der Waals surface area contributed by atoms with E-state index in [1.54, 1.807) is 0 Å². The van der Waals surface area contributed by atoms with E-state index in [9.17, 15) is 18.4 Å². The standard InChI is InChI=1S/C32H34F2N4O6/c1-32(2,3)15-25(43-31(35)40)27-26(28(39)36-16-21-12-10-19-6-4-5-7-22(19)37-21)38-29(44-27)20-11-13-23(42-30(33)34)24(14-20)41-17-18-8-9-18/h4-7,10-14,18,25,30H,8-9,15-17H2,1-3H3,(H2,35,40)(H,36,39)/t25-/m0/s1. The Bertz CT molecular complexity index is 1650. The molecule has 2 amide bonds. The van der Waals surface area contributed by atoms with Crippen LogP contribution in [0.1, 0.15) is 68.1 Å². The molecule has 2 heterocycles. The third-order valence-electron chi connectivity index (χ3n) is 6.88. The minimum absolute atomic E-state index is 0.00829. The van der Waals surface area contributed by atoms with Crippen molar-refractivity contribution in [2.45, 2.75) is 59.3 Å². The molecule has 232 valence electrons. The molecule has 10 nitrogen and oxygen atoms in total. The summed E-state index contributed by atoms with van der Waals surface area (Å²) >= 11 is 0. The van der Waals surface area contributed by atoms with E-state index in [1.165, 1.54) is 18.2 Å². The molecule has 1 saturated carbocycles. The molecule has 0 bridgehead atoms. The quantitative estimate of drug-likeness (QED) is 0.179. The first-order valence-corrected chi connectivity index (χ1v) is 14.3. The highest BCUT2D eigenvalue weighted by Crippen LogP contribution is 2.39. The van der Waals surface area contributed by atoms with E-state index in [4.69, 9.17) is 19.6 Å². The Balaban J connectivity index is 1.49. The van der Waals surface area contributed by atoms with Crippen LogP contribution in [0.15, 0.2) is 59.0 Å². The molecular formula is C32H34F2N4O6. The lowest BCUT2D eigenvalue weighted by molar-refractivity contribution is -0.0515. The zero-order chi connectivity index (χ0) is 31.4. The van der Waals surface area contributed by atoms with Crippen LogP contribution in [0.3, 0.4) is 0 Å². The second-order valence-electron chi connectivity index (χ2n) is 11.9. The van der Waals surface area contributed by atoms with Crippen LogP contribution in [-0.2, 0) is 11.3 Å². The Morgan fingerprint density at radius 3 is 2.55 bits per heavy atom. The summed E-state index contributed by atoms with van der Waals surface area (Å²) in [5.74, 6) is -0.322. The van der Waals surface area contributed by atoms with Crippen molar-refractivity contribution in [3.05, 3.63) is 71.7 Å². The van der Waals surface area contributed by atoms with Crippen molar-refractivity contribution in [3.8, 4) is 23.0 Å².